The average molecular weight is 615 g/mol. The fraction of sp³-hybridized carbons (Fsp3) is 0.871. The van der Waals surface area contributed by atoms with E-state index in [1.54, 1.807) is 0 Å². The molecule has 10 nitrogen and oxygen atoms in total. The molecule has 0 amide bonds. The number of rotatable bonds is 28. The van der Waals surface area contributed by atoms with E-state index in [1.165, 1.54) is 89.9 Å². The zero-order valence-corrected chi connectivity index (χ0v) is 27.1. The fourth-order valence-corrected chi connectivity index (χ4v) is 7.27. The molecule has 0 saturated carbocycles. The van der Waals surface area contributed by atoms with E-state index < -0.39 is 18.8 Å². The molecular weight excluding hydrogens is 555 g/mol. The summed E-state index contributed by atoms with van der Waals surface area (Å²) in [5, 5.41) is 15.2. The third kappa shape index (κ3) is 15.9. The van der Waals surface area contributed by atoms with Gasteiger partial charge in [0.25, 0.3) is 5.56 Å². The van der Waals surface area contributed by atoms with Crippen molar-refractivity contribution < 1.29 is 18.7 Å². The molecular formula is C31H59N4O6P. The van der Waals surface area contributed by atoms with Gasteiger partial charge >= 0.3 is 13.3 Å². The standard InChI is InChI=1S/C31H59N4O6P/c1-2-40-42(39,24-20-21-32-25-27-26-33-29-28(27)34-31(38)35-30(29)37)41-23-19-17-15-13-11-9-7-5-3-4-6-8-10-12-14-16-18-22-36/h27,32-33,36H,2-26H2,1H3,(H2,34,35,37,38). The minimum Gasteiger partial charge on any atom is -0.396 e. The van der Waals surface area contributed by atoms with Gasteiger partial charge in [-0.3, -0.25) is 14.3 Å². The van der Waals surface area contributed by atoms with Gasteiger partial charge in [0.05, 0.1) is 25.1 Å². The van der Waals surface area contributed by atoms with Crippen LogP contribution >= 0.6 is 7.60 Å². The number of hydrogen-bond donors (Lipinski definition) is 5. The lowest BCUT2D eigenvalue weighted by Crippen LogP contribution is -2.27. The monoisotopic (exact) mass is 614 g/mol. The molecule has 0 spiro atoms. The van der Waals surface area contributed by atoms with E-state index in [0.717, 1.165) is 19.3 Å². The van der Waals surface area contributed by atoms with Crippen molar-refractivity contribution >= 4 is 13.3 Å². The van der Waals surface area contributed by atoms with Crippen LogP contribution in [0.3, 0.4) is 0 Å². The Morgan fingerprint density at radius 2 is 1.33 bits per heavy atom. The van der Waals surface area contributed by atoms with Crippen molar-refractivity contribution in [2.24, 2.45) is 0 Å². The van der Waals surface area contributed by atoms with Crippen LogP contribution in [0.25, 0.3) is 0 Å². The van der Waals surface area contributed by atoms with Crippen LogP contribution in [-0.2, 0) is 13.6 Å². The van der Waals surface area contributed by atoms with Crippen molar-refractivity contribution in [3.8, 4) is 0 Å². The molecule has 0 bridgehead atoms. The summed E-state index contributed by atoms with van der Waals surface area (Å²) in [6.07, 6.45) is 22.4. The third-order valence-electron chi connectivity index (χ3n) is 8.00. The molecule has 2 rings (SSSR count). The third-order valence-corrected chi connectivity index (χ3v) is 10.1. The Labute approximate surface area is 253 Å². The zero-order valence-electron chi connectivity index (χ0n) is 26.2. The number of H-pyrrole nitrogens is 2. The van der Waals surface area contributed by atoms with Crippen LogP contribution in [0.2, 0.25) is 0 Å². The van der Waals surface area contributed by atoms with Crippen LogP contribution in [0, 0.1) is 0 Å². The van der Waals surface area contributed by atoms with Gasteiger partial charge in [0.15, 0.2) is 0 Å². The maximum Gasteiger partial charge on any atom is 0.330 e. The molecule has 0 aliphatic carbocycles. The first-order chi connectivity index (χ1) is 20.5. The number of anilines is 1. The summed E-state index contributed by atoms with van der Waals surface area (Å²) in [6.45, 7) is 4.85. The summed E-state index contributed by atoms with van der Waals surface area (Å²) in [5.74, 6) is 0.00368. The van der Waals surface area contributed by atoms with Gasteiger partial charge in [0.1, 0.15) is 5.69 Å². The summed E-state index contributed by atoms with van der Waals surface area (Å²) in [6, 6.07) is 0. The molecule has 244 valence electrons. The Kier molecular flexibility index (Phi) is 20.1. The van der Waals surface area contributed by atoms with E-state index in [2.05, 4.69) is 20.6 Å². The molecule has 1 aromatic rings. The van der Waals surface area contributed by atoms with Crippen LogP contribution < -0.4 is 21.9 Å². The maximum atomic E-state index is 13.1. The predicted molar refractivity (Wildman–Crippen MR) is 172 cm³/mol. The molecule has 0 aromatic carbocycles. The SMILES string of the molecule is CCOP(=O)(CCCNCC1CNc2c1[nH]c(=O)[nH]c2=O)OCCCCCCCCCCCCCCCCCCCO. The smallest absolute Gasteiger partial charge is 0.330 e. The number of hydrogen-bond acceptors (Lipinski definition) is 8. The van der Waals surface area contributed by atoms with Crippen LogP contribution in [-0.4, -0.2) is 60.7 Å². The lowest BCUT2D eigenvalue weighted by molar-refractivity contribution is 0.207. The molecule has 2 unspecified atom stereocenters. The second kappa shape index (κ2) is 23.0. The van der Waals surface area contributed by atoms with Crippen LogP contribution in [0.5, 0.6) is 0 Å². The number of aromatic amines is 2. The molecule has 1 aliphatic rings. The normalized spacial score (nSPS) is 15.9. The molecule has 5 N–H and O–H groups in total. The van der Waals surface area contributed by atoms with Gasteiger partial charge in [-0.15, -0.1) is 0 Å². The quantitative estimate of drug-likeness (QED) is 0.0537. The van der Waals surface area contributed by atoms with Gasteiger partial charge in [0, 0.05) is 25.6 Å². The van der Waals surface area contributed by atoms with E-state index >= 15 is 0 Å². The Hall–Kier alpha value is -1.45. The first-order valence-electron chi connectivity index (χ1n) is 16.8. The molecule has 2 atom stereocenters. The number of fused-ring (bicyclic) bond motifs is 1. The topological polar surface area (TPSA) is 146 Å². The van der Waals surface area contributed by atoms with E-state index in [0.29, 0.717) is 63.4 Å². The summed E-state index contributed by atoms with van der Waals surface area (Å²) in [4.78, 5) is 28.4. The molecule has 0 radical (unpaired) electrons. The minimum absolute atomic E-state index is 0.00368. The van der Waals surface area contributed by atoms with Crippen LogP contribution in [0.4, 0.5) is 5.69 Å². The molecule has 11 heteroatoms. The van der Waals surface area contributed by atoms with Gasteiger partial charge in [0.2, 0.25) is 0 Å². The van der Waals surface area contributed by atoms with Gasteiger partial charge in [-0.1, -0.05) is 96.3 Å². The second-order valence-electron chi connectivity index (χ2n) is 11.7. The number of aliphatic hydroxyl groups excluding tert-OH is 1. The summed E-state index contributed by atoms with van der Waals surface area (Å²) < 4.78 is 24.4. The second-order valence-corrected chi connectivity index (χ2v) is 13.8. The predicted octanol–water partition coefficient (Wildman–Crippen LogP) is 6.42. The van der Waals surface area contributed by atoms with E-state index in [-0.39, 0.29) is 5.92 Å². The molecule has 1 aromatic heterocycles. The molecule has 42 heavy (non-hydrogen) atoms. The van der Waals surface area contributed by atoms with Crippen molar-refractivity contribution in [3.05, 3.63) is 26.5 Å². The van der Waals surface area contributed by atoms with Crippen LogP contribution in [0.1, 0.15) is 134 Å². The maximum absolute atomic E-state index is 13.1. The Bertz CT molecular complexity index is 985. The number of aliphatic hydroxyl groups is 1. The first-order valence-corrected chi connectivity index (χ1v) is 18.5. The summed E-state index contributed by atoms with van der Waals surface area (Å²) in [7, 11) is -3.10. The molecule has 2 heterocycles. The van der Waals surface area contributed by atoms with Crippen molar-refractivity contribution in [3.63, 3.8) is 0 Å². The minimum atomic E-state index is -3.10. The highest BCUT2D eigenvalue weighted by Crippen LogP contribution is 2.48. The van der Waals surface area contributed by atoms with Gasteiger partial charge in [-0.2, -0.15) is 0 Å². The van der Waals surface area contributed by atoms with E-state index in [9.17, 15) is 14.2 Å². The number of unbranched alkanes of at least 4 members (excludes halogenated alkanes) is 16. The highest BCUT2D eigenvalue weighted by Gasteiger charge is 2.26. The highest BCUT2D eigenvalue weighted by molar-refractivity contribution is 7.53. The largest absolute Gasteiger partial charge is 0.396 e. The van der Waals surface area contributed by atoms with E-state index in [1.807, 2.05) is 6.92 Å². The average Bonchev–Trinajstić information content (AvgIpc) is 3.37. The molecule has 1 aliphatic heterocycles. The van der Waals surface area contributed by atoms with Gasteiger partial charge in [-0.25, -0.2) is 4.79 Å². The summed E-state index contributed by atoms with van der Waals surface area (Å²) >= 11 is 0. The van der Waals surface area contributed by atoms with Crippen molar-refractivity contribution in [2.45, 2.75) is 128 Å². The number of nitrogens with one attached hydrogen (secondary N) is 4. The van der Waals surface area contributed by atoms with Gasteiger partial charge < -0.3 is 29.8 Å². The van der Waals surface area contributed by atoms with Crippen molar-refractivity contribution in [1.29, 1.82) is 0 Å². The Balaban J connectivity index is 1.41. The summed E-state index contributed by atoms with van der Waals surface area (Å²) in [5.41, 5.74) is 0.188. The lowest BCUT2D eigenvalue weighted by atomic mass is 10.0. The Morgan fingerprint density at radius 1 is 0.786 bits per heavy atom. The number of aromatic nitrogens is 2. The van der Waals surface area contributed by atoms with Crippen molar-refractivity contribution in [2.75, 3.05) is 50.9 Å². The molecule has 0 fully saturated rings. The Morgan fingerprint density at radius 3 is 1.88 bits per heavy atom. The van der Waals surface area contributed by atoms with Gasteiger partial charge in [-0.05, 0) is 32.7 Å². The fourth-order valence-electron chi connectivity index (χ4n) is 5.59. The van der Waals surface area contributed by atoms with E-state index in [4.69, 9.17) is 14.2 Å². The highest BCUT2D eigenvalue weighted by atomic mass is 31.2. The lowest BCUT2D eigenvalue weighted by Gasteiger charge is -2.18. The van der Waals surface area contributed by atoms with Crippen LogP contribution in [0.15, 0.2) is 9.59 Å². The first kappa shape index (κ1) is 36.7. The van der Waals surface area contributed by atoms with Crippen molar-refractivity contribution in [1.82, 2.24) is 15.3 Å². The zero-order chi connectivity index (χ0) is 30.3. The molecule has 0 saturated heterocycles.